The zero-order valence-electron chi connectivity index (χ0n) is 12.8. The molecule has 0 aliphatic carbocycles. The third-order valence-corrected chi connectivity index (χ3v) is 3.67. The summed E-state index contributed by atoms with van der Waals surface area (Å²) >= 11 is 0. The minimum Gasteiger partial charge on any atom is -0.487 e. The lowest BCUT2D eigenvalue weighted by atomic mass is 9.93. The second-order valence-corrected chi connectivity index (χ2v) is 5.60. The number of nitriles is 1. The molecule has 2 fully saturated rings. The van der Waals surface area contributed by atoms with Gasteiger partial charge in [-0.3, -0.25) is 0 Å². The second-order valence-electron chi connectivity index (χ2n) is 5.60. The average Bonchev–Trinajstić information content (AvgIpc) is 2.93. The van der Waals surface area contributed by atoms with Crippen LogP contribution in [0.1, 0.15) is 12.0 Å². The van der Waals surface area contributed by atoms with Crippen molar-refractivity contribution in [3.8, 4) is 11.8 Å². The summed E-state index contributed by atoms with van der Waals surface area (Å²) in [4.78, 5) is 8.90. The lowest BCUT2D eigenvalue weighted by Gasteiger charge is -2.37. The van der Waals surface area contributed by atoms with Gasteiger partial charge in [0.05, 0.1) is 17.8 Å². The standard InChI is InChI=1S/C13H13FN2O2.C2HF3O2/c14-10-1-2-12(9(3-10)5-15)18-11-4-13(17-6-11)7-16-8-13;3-2(4,5)1(6)7/h1-3,11,16H,4,6-8H2;(H,6,7). The van der Waals surface area contributed by atoms with Gasteiger partial charge in [0.25, 0.3) is 0 Å². The molecule has 6 nitrogen and oxygen atoms in total. The smallest absolute Gasteiger partial charge is 0.487 e. The van der Waals surface area contributed by atoms with Gasteiger partial charge in [0.1, 0.15) is 23.7 Å². The highest BCUT2D eigenvalue weighted by atomic mass is 19.4. The van der Waals surface area contributed by atoms with Crippen molar-refractivity contribution in [3.63, 3.8) is 0 Å². The highest BCUT2D eigenvalue weighted by Gasteiger charge is 2.46. The predicted molar refractivity (Wildman–Crippen MR) is 75.4 cm³/mol. The van der Waals surface area contributed by atoms with E-state index in [4.69, 9.17) is 24.6 Å². The van der Waals surface area contributed by atoms with Crippen LogP contribution in [0, 0.1) is 17.1 Å². The molecule has 2 heterocycles. The lowest BCUT2D eigenvalue weighted by molar-refractivity contribution is -0.192. The van der Waals surface area contributed by atoms with Crippen LogP contribution in [0.4, 0.5) is 17.6 Å². The summed E-state index contributed by atoms with van der Waals surface area (Å²) in [7, 11) is 0. The Morgan fingerprint density at radius 1 is 1.44 bits per heavy atom. The van der Waals surface area contributed by atoms with Crippen LogP contribution in [0.25, 0.3) is 0 Å². The molecule has 0 aromatic heterocycles. The van der Waals surface area contributed by atoms with Gasteiger partial charge >= 0.3 is 12.1 Å². The molecule has 2 aliphatic heterocycles. The first kappa shape index (κ1) is 19.0. The topological polar surface area (TPSA) is 91.6 Å². The normalized spacial score (nSPS) is 20.8. The molecule has 0 saturated carbocycles. The van der Waals surface area contributed by atoms with E-state index in [2.05, 4.69) is 5.32 Å². The summed E-state index contributed by atoms with van der Waals surface area (Å²) < 4.78 is 56.2. The predicted octanol–water partition coefficient (Wildman–Crippen LogP) is 1.84. The number of benzene rings is 1. The Bertz CT molecular complexity index is 683. The maximum Gasteiger partial charge on any atom is 0.490 e. The van der Waals surface area contributed by atoms with Gasteiger partial charge in [-0.1, -0.05) is 0 Å². The fourth-order valence-electron chi connectivity index (χ4n) is 2.40. The number of carboxylic acids is 1. The van der Waals surface area contributed by atoms with Crippen molar-refractivity contribution in [2.45, 2.75) is 24.3 Å². The fourth-order valence-corrected chi connectivity index (χ4v) is 2.40. The average molecular weight is 362 g/mol. The van der Waals surface area contributed by atoms with E-state index >= 15 is 0 Å². The van der Waals surface area contributed by atoms with Crippen LogP contribution in [-0.2, 0) is 9.53 Å². The molecule has 2 aliphatic rings. The second kappa shape index (κ2) is 7.25. The van der Waals surface area contributed by atoms with Crippen LogP contribution in [-0.4, -0.2) is 48.7 Å². The Hall–Kier alpha value is -2.38. The van der Waals surface area contributed by atoms with Crippen molar-refractivity contribution in [1.82, 2.24) is 5.32 Å². The lowest BCUT2D eigenvalue weighted by Crippen LogP contribution is -2.59. The Morgan fingerprint density at radius 3 is 2.52 bits per heavy atom. The molecule has 0 amide bonds. The largest absolute Gasteiger partial charge is 0.490 e. The summed E-state index contributed by atoms with van der Waals surface area (Å²) in [5.74, 6) is -2.76. The Kier molecular flexibility index (Phi) is 5.49. The number of nitrogens with one attached hydrogen (secondary N) is 1. The first-order valence-corrected chi connectivity index (χ1v) is 7.16. The van der Waals surface area contributed by atoms with Gasteiger partial charge in [-0.25, -0.2) is 9.18 Å². The molecule has 10 heteroatoms. The maximum atomic E-state index is 13.0. The van der Waals surface area contributed by atoms with Gasteiger partial charge in [-0.05, 0) is 18.2 Å². The molecule has 0 bridgehead atoms. The highest BCUT2D eigenvalue weighted by Crippen LogP contribution is 2.32. The van der Waals surface area contributed by atoms with E-state index in [1.807, 2.05) is 6.07 Å². The molecule has 1 atom stereocenters. The molecule has 2 N–H and O–H groups in total. The van der Waals surface area contributed by atoms with E-state index in [1.54, 1.807) is 0 Å². The SMILES string of the molecule is N#Cc1cc(F)ccc1OC1COC2(CNC2)C1.O=C(O)C(F)(F)F. The minimum atomic E-state index is -5.08. The van der Waals surface area contributed by atoms with E-state index in [9.17, 15) is 17.6 Å². The van der Waals surface area contributed by atoms with E-state index in [1.165, 1.54) is 18.2 Å². The quantitative estimate of drug-likeness (QED) is 0.780. The van der Waals surface area contributed by atoms with E-state index in [0.29, 0.717) is 12.4 Å². The molecule has 0 radical (unpaired) electrons. The molecule has 1 unspecified atom stereocenters. The molecule has 136 valence electrons. The summed E-state index contributed by atoms with van der Waals surface area (Å²) in [6, 6.07) is 5.92. The van der Waals surface area contributed by atoms with Crippen molar-refractivity contribution in [3.05, 3.63) is 29.6 Å². The number of halogens is 4. The number of hydrogen-bond acceptors (Lipinski definition) is 5. The number of carbonyl (C=O) groups is 1. The van der Waals surface area contributed by atoms with Gasteiger partial charge in [0, 0.05) is 19.5 Å². The van der Waals surface area contributed by atoms with Crippen molar-refractivity contribution in [2.24, 2.45) is 0 Å². The van der Waals surface area contributed by atoms with Crippen LogP contribution in [0.15, 0.2) is 18.2 Å². The van der Waals surface area contributed by atoms with Crippen molar-refractivity contribution < 1.29 is 36.9 Å². The third kappa shape index (κ3) is 4.80. The minimum absolute atomic E-state index is 0.0651. The number of hydrogen-bond donors (Lipinski definition) is 2. The zero-order chi connectivity index (χ0) is 18.7. The summed E-state index contributed by atoms with van der Waals surface area (Å²) in [5, 5.41) is 19.2. The first-order valence-electron chi connectivity index (χ1n) is 7.16. The number of nitrogens with zero attached hydrogens (tertiary/aromatic N) is 1. The van der Waals surface area contributed by atoms with Crippen LogP contribution >= 0.6 is 0 Å². The van der Waals surface area contributed by atoms with E-state index in [0.717, 1.165) is 19.5 Å². The van der Waals surface area contributed by atoms with E-state index in [-0.39, 0.29) is 17.3 Å². The number of ether oxygens (including phenoxy) is 2. The summed E-state index contributed by atoms with van der Waals surface area (Å²) in [6.07, 6.45) is -4.34. The van der Waals surface area contributed by atoms with Gasteiger partial charge in [0.2, 0.25) is 0 Å². The molecule has 3 rings (SSSR count). The third-order valence-electron chi connectivity index (χ3n) is 3.67. The highest BCUT2D eigenvalue weighted by molar-refractivity contribution is 5.73. The number of carboxylic acid groups (broad SMARTS) is 1. The molecule has 1 spiro atoms. The fraction of sp³-hybridized carbons (Fsp3) is 0.467. The molecule has 25 heavy (non-hydrogen) atoms. The number of aliphatic carboxylic acids is 1. The van der Waals surface area contributed by atoms with Crippen molar-refractivity contribution in [1.29, 1.82) is 5.26 Å². The summed E-state index contributed by atoms with van der Waals surface area (Å²) in [6.45, 7) is 2.21. The van der Waals surface area contributed by atoms with Crippen LogP contribution in [0.5, 0.6) is 5.75 Å². The molecular weight excluding hydrogens is 348 g/mol. The van der Waals surface area contributed by atoms with Crippen LogP contribution < -0.4 is 10.1 Å². The molecule has 1 aromatic carbocycles. The van der Waals surface area contributed by atoms with Gasteiger partial charge < -0.3 is 19.9 Å². The van der Waals surface area contributed by atoms with Crippen LogP contribution in [0.3, 0.4) is 0 Å². The van der Waals surface area contributed by atoms with Gasteiger partial charge in [-0.15, -0.1) is 0 Å². The Balaban J connectivity index is 0.000000277. The molecule has 1 aromatic rings. The number of rotatable bonds is 2. The first-order chi connectivity index (χ1) is 11.6. The van der Waals surface area contributed by atoms with Crippen molar-refractivity contribution >= 4 is 5.97 Å². The van der Waals surface area contributed by atoms with Crippen LogP contribution in [0.2, 0.25) is 0 Å². The monoisotopic (exact) mass is 362 g/mol. The summed E-state index contributed by atoms with van der Waals surface area (Å²) in [5.41, 5.74) is 0.139. The van der Waals surface area contributed by atoms with Crippen molar-refractivity contribution in [2.75, 3.05) is 19.7 Å². The Labute approximate surface area is 139 Å². The molecular formula is C15H14F4N2O4. The van der Waals surface area contributed by atoms with Gasteiger partial charge in [-0.2, -0.15) is 18.4 Å². The molecule has 2 saturated heterocycles. The van der Waals surface area contributed by atoms with Gasteiger partial charge in [0.15, 0.2) is 0 Å². The van der Waals surface area contributed by atoms with E-state index < -0.39 is 18.0 Å². The Morgan fingerprint density at radius 2 is 2.08 bits per heavy atom. The zero-order valence-corrected chi connectivity index (χ0v) is 12.8. The number of alkyl halides is 3. The maximum absolute atomic E-state index is 13.0.